The lowest BCUT2D eigenvalue weighted by Crippen LogP contribution is -2.22. The van der Waals surface area contributed by atoms with Gasteiger partial charge in [0.15, 0.2) is 6.61 Å². The van der Waals surface area contributed by atoms with Gasteiger partial charge in [0, 0.05) is 19.4 Å². The second kappa shape index (κ2) is 10.0. The molecule has 144 valence electrons. The SMILES string of the molecule is CNC(COC)c1ccnc(OCC(F)(F)F)c1.O=C(O)C(F)(F)F. The molecule has 2 N–H and O–H groups in total. The van der Waals surface area contributed by atoms with Gasteiger partial charge in [-0.1, -0.05) is 0 Å². The number of ether oxygens (including phenoxy) is 2. The molecular weight excluding hydrogens is 362 g/mol. The third kappa shape index (κ3) is 10.4. The van der Waals surface area contributed by atoms with Gasteiger partial charge >= 0.3 is 18.3 Å². The number of rotatable bonds is 6. The van der Waals surface area contributed by atoms with Crippen LogP contribution >= 0.6 is 0 Å². The Labute approximate surface area is 138 Å². The summed E-state index contributed by atoms with van der Waals surface area (Å²) in [4.78, 5) is 12.6. The van der Waals surface area contributed by atoms with E-state index in [9.17, 15) is 26.3 Å². The predicted octanol–water partition coefficient (Wildman–Crippen LogP) is 2.56. The lowest BCUT2D eigenvalue weighted by Gasteiger charge is -2.16. The van der Waals surface area contributed by atoms with Crippen molar-refractivity contribution in [3.8, 4) is 5.88 Å². The van der Waals surface area contributed by atoms with Gasteiger partial charge in [0.2, 0.25) is 5.88 Å². The molecule has 0 radical (unpaired) electrons. The number of hydrogen-bond acceptors (Lipinski definition) is 5. The van der Waals surface area contributed by atoms with Gasteiger partial charge in [-0.2, -0.15) is 26.3 Å². The fourth-order valence-corrected chi connectivity index (χ4v) is 1.39. The van der Waals surface area contributed by atoms with Gasteiger partial charge in [-0.25, -0.2) is 9.78 Å². The van der Waals surface area contributed by atoms with Crippen molar-refractivity contribution >= 4 is 5.97 Å². The average molecular weight is 378 g/mol. The number of hydrogen-bond donors (Lipinski definition) is 2. The fraction of sp³-hybridized carbons (Fsp3) is 0.538. The Morgan fingerprint density at radius 1 is 1.32 bits per heavy atom. The lowest BCUT2D eigenvalue weighted by molar-refractivity contribution is -0.192. The molecule has 0 spiro atoms. The van der Waals surface area contributed by atoms with Crippen LogP contribution in [0.2, 0.25) is 0 Å². The van der Waals surface area contributed by atoms with Crippen LogP contribution in [0.5, 0.6) is 5.88 Å². The monoisotopic (exact) mass is 378 g/mol. The smallest absolute Gasteiger partial charge is 0.475 e. The molecule has 1 atom stereocenters. The van der Waals surface area contributed by atoms with Crippen molar-refractivity contribution in [3.63, 3.8) is 0 Å². The number of aromatic nitrogens is 1. The largest absolute Gasteiger partial charge is 0.490 e. The lowest BCUT2D eigenvalue weighted by atomic mass is 10.1. The molecule has 0 fully saturated rings. The van der Waals surface area contributed by atoms with Gasteiger partial charge in [-0.15, -0.1) is 0 Å². The number of aliphatic carboxylic acids is 1. The highest BCUT2D eigenvalue weighted by Crippen LogP contribution is 2.20. The summed E-state index contributed by atoms with van der Waals surface area (Å²) in [6.07, 6.45) is -8.05. The number of pyridine rings is 1. The van der Waals surface area contributed by atoms with Crippen LogP contribution in [-0.2, 0) is 9.53 Å². The number of methoxy groups -OCH3 is 1. The number of halogens is 6. The van der Waals surface area contributed by atoms with Crippen LogP contribution in [0.1, 0.15) is 11.6 Å². The zero-order valence-corrected chi connectivity index (χ0v) is 13.1. The highest BCUT2D eigenvalue weighted by molar-refractivity contribution is 5.73. The molecule has 0 saturated carbocycles. The van der Waals surface area contributed by atoms with Crippen LogP contribution in [0.25, 0.3) is 0 Å². The maximum Gasteiger partial charge on any atom is 0.490 e. The Bertz CT molecular complexity index is 536. The van der Waals surface area contributed by atoms with Crippen LogP contribution in [0.15, 0.2) is 18.3 Å². The van der Waals surface area contributed by atoms with E-state index in [1.165, 1.54) is 12.3 Å². The summed E-state index contributed by atoms with van der Waals surface area (Å²) >= 11 is 0. The second-order valence-corrected chi connectivity index (χ2v) is 4.43. The Morgan fingerprint density at radius 2 is 1.88 bits per heavy atom. The Hall–Kier alpha value is -2.08. The third-order valence-electron chi connectivity index (χ3n) is 2.47. The highest BCUT2D eigenvalue weighted by atomic mass is 19.4. The minimum absolute atomic E-state index is 0.0545. The van der Waals surface area contributed by atoms with Gasteiger partial charge < -0.3 is 19.9 Å². The molecule has 1 rings (SSSR count). The molecule has 1 aromatic heterocycles. The van der Waals surface area contributed by atoms with Crippen LogP contribution < -0.4 is 10.1 Å². The number of carboxylic acids is 1. The fourth-order valence-electron chi connectivity index (χ4n) is 1.39. The van der Waals surface area contributed by atoms with Crippen molar-refractivity contribution < 1.29 is 45.7 Å². The van der Waals surface area contributed by atoms with Crippen LogP contribution in [0.3, 0.4) is 0 Å². The standard InChI is InChI=1S/C11H15F3N2O2.C2HF3O2/c1-15-9(6-17-2)8-3-4-16-10(5-8)18-7-11(12,13)14;3-2(4,5)1(6)7/h3-5,9,15H,6-7H2,1-2H3;(H,6,7). The minimum Gasteiger partial charge on any atom is -0.475 e. The topological polar surface area (TPSA) is 80.7 Å². The van der Waals surface area contributed by atoms with E-state index in [1.54, 1.807) is 20.2 Å². The molecule has 6 nitrogen and oxygen atoms in total. The van der Waals surface area contributed by atoms with Crippen molar-refractivity contribution in [3.05, 3.63) is 23.9 Å². The molecule has 1 aromatic rings. The summed E-state index contributed by atoms with van der Waals surface area (Å²) in [6, 6.07) is 3.04. The molecule has 0 saturated heterocycles. The van der Waals surface area contributed by atoms with Crippen molar-refractivity contribution in [2.75, 3.05) is 27.4 Å². The van der Waals surface area contributed by atoms with Gasteiger partial charge in [0.1, 0.15) is 0 Å². The van der Waals surface area contributed by atoms with E-state index in [0.29, 0.717) is 6.61 Å². The molecule has 12 heteroatoms. The number of nitrogens with zero attached hydrogens (tertiary/aromatic N) is 1. The zero-order chi connectivity index (χ0) is 19.7. The molecular formula is C13H16F6N2O4. The van der Waals surface area contributed by atoms with Gasteiger partial charge in [-0.3, -0.25) is 0 Å². The van der Waals surface area contributed by atoms with E-state index < -0.39 is 24.9 Å². The normalized spacial score (nSPS) is 12.8. The molecule has 1 unspecified atom stereocenters. The Morgan fingerprint density at radius 3 is 2.28 bits per heavy atom. The summed E-state index contributed by atoms with van der Waals surface area (Å²) in [5.41, 5.74) is 0.756. The third-order valence-corrected chi connectivity index (χ3v) is 2.47. The van der Waals surface area contributed by atoms with Crippen LogP contribution in [0, 0.1) is 0 Å². The Kier molecular flexibility index (Phi) is 9.20. The molecule has 0 amide bonds. The first kappa shape index (κ1) is 22.9. The number of alkyl halides is 6. The summed E-state index contributed by atoms with van der Waals surface area (Å²) in [6.45, 7) is -0.947. The summed E-state index contributed by atoms with van der Waals surface area (Å²) < 4.78 is 77.3. The van der Waals surface area contributed by atoms with E-state index >= 15 is 0 Å². The van der Waals surface area contributed by atoms with E-state index in [2.05, 4.69) is 15.0 Å². The van der Waals surface area contributed by atoms with E-state index in [0.717, 1.165) is 5.56 Å². The first-order valence-electron chi connectivity index (χ1n) is 6.52. The second-order valence-electron chi connectivity index (χ2n) is 4.43. The number of nitrogens with one attached hydrogen (secondary N) is 1. The van der Waals surface area contributed by atoms with Gasteiger partial charge in [-0.05, 0) is 18.7 Å². The van der Waals surface area contributed by atoms with Gasteiger partial charge in [0.05, 0.1) is 12.6 Å². The van der Waals surface area contributed by atoms with Crippen molar-refractivity contribution in [2.24, 2.45) is 0 Å². The molecule has 0 aliphatic rings. The van der Waals surface area contributed by atoms with E-state index in [1.807, 2.05) is 0 Å². The van der Waals surface area contributed by atoms with E-state index in [4.69, 9.17) is 14.6 Å². The first-order chi connectivity index (χ1) is 11.4. The molecule has 1 heterocycles. The summed E-state index contributed by atoms with van der Waals surface area (Å²) in [7, 11) is 3.28. The quantitative estimate of drug-likeness (QED) is 0.741. The maximum absolute atomic E-state index is 12.0. The summed E-state index contributed by atoms with van der Waals surface area (Å²) in [5, 5.41) is 10.1. The van der Waals surface area contributed by atoms with E-state index in [-0.39, 0.29) is 11.9 Å². The molecule has 0 bridgehead atoms. The average Bonchev–Trinajstić information content (AvgIpc) is 2.50. The van der Waals surface area contributed by atoms with Gasteiger partial charge in [0.25, 0.3) is 0 Å². The number of likely N-dealkylation sites (N-methyl/N-ethyl adjacent to an activating group) is 1. The van der Waals surface area contributed by atoms with Crippen molar-refractivity contribution in [1.82, 2.24) is 10.3 Å². The minimum atomic E-state index is -5.08. The maximum atomic E-state index is 12.0. The number of carboxylic acid groups (broad SMARTS) is 1. The van der Waals surface area contributed by atoms with Crippen molar-refractivity contribution in [2.45, 2.75) is 18.4 Å². The predicted molar refractivity (Wildman–Crippen MR) is 73.2 cm³/mol. The van der Waals surface area contributed by atoms with Crippen molar-refractivity contribution in [1.29, 1.82) is 0 Å². The zero-order valence-electron chi connectivity index (χ0n) is 13.1. The molecule has 25 heavy (non-hydrogen) atoms. The first-order valence-corrected chi connectivity index (χ1v) is 6.52. The van der Waals surface area contributed by atoms with Crippen LogP contribution in [0.4, 0.5) is 26.3 Å². The number of carbonyl (C=O) groups is 1. The van der Waals surface area contributed by atoms with Crippen LogP contribution in [-0.4, -0.2) is 55.8 Å². The highest BCUT2D eigenvalue weighted by Gasteiger charge is 2.38. The molecule has 0 aromatic carbocycles. The summed E-state index contributed by atoms with van der Waals surface area (Å²) in [5.74, 6) is -2.81. The molecule has 0 aliphatic carbocycles. The Balaban J connectivity index is 0.000000697. The molecule has 0 aliphatic heterocycles.